The molecule has 1 aromatic carbocycles. The highest BCUT2D eigenvalue weighted by Gasteiger charge is 2.35. The first-order valence-electron chi connectivity index (χ1n) is 10.00. The summed E-state index contributed by atoms with van der Waals surface area (Å²) in [5.41, 5.74) is 4.93. The van der Waals surface area contributed by atoms with Gasteiger partial charge in [0.15, 0.2) is 5.76 Å². The third-order valence-corrected chi connectivity index (χ3v) is 5.60. The first kappa shape index (κ1) is 19.3. The Labute approximate surface area is 171 Å². The SMILES string of the molecule is Cc1ccc(OCc2occc2C(=O)N(Cc2c(C)nn(C)c2C)C2CC2)cc1. The van der Waals surface area contributed by atoms with Gasteiger partial charge in [-0.1, -0.05) is 17.7 Å². The zero-order valence-corrected chi connectivity index (χ0v) is 17.4. The standard InChI is InChI=1S/C23H27N3O3/c1-15-5-9-19(10-6-15)29-14-22-20(11-12-28-22)23(27)26(18-7-8-18)13-21-16(2)24-25(4)17(21)3/h5-6,9-12,18H,7-8,13-14H2,1-4H3. The molecule has 0 N–H and O–H groups in total. The maximum absolute atomic E-state index is 13.4. The summed E-state index contributed by atoms with van der Waals surface area (Å²) in [5.74, 6) is 1.30. The molecule has 0 aliphatic heterocycles. The molecule has 1 amide bonds. The maximum atomic E-state index is 13.4. The summed E-state index contributed by atoms with van der Waals surface area (Å²) in [6.45, 7) is 6.87. The van der Waals surface area contributed by atoms with Gasteiger partial charge in [0, 0.05) is 30.9 Å². The third-order valence-electron chi connectivity index (χ3n) is 5.60. The molecule has 2 heterocycles. The van der Waals surface area contributed by atoms with Crippen LogP contribution in [0.4, 0.5) is 0 Å². The van der Waals surface area contributed by atoms with Crippen molar-refractivity contribution >= 4 is 5.91 Å². The average molecular weight is 393 g/mol. The number of furan rings is 1. The van der Waals surface area contributed by atoms with Crippen LogP contribution in [-0.4, -0.2) is 26.6 Å². The molecule has 2 aromatic heterocycles. The fourth-order valence-corrected chi connectivity index (χ4v) is 3.55. The quantitative estimate of drug-likeness (QED) is 0.600. The van der Waals surface area contributed by atoms with Gasteiger partial charge in [-0.2, -0.15) is 5.10 Å². The highest BCUT2D eigenvalue weighted by atomic mass is 16.5. The van der Waals surface area contributed by atoms with Crippen LogP contribution in [-0.2, 0) is 20.2 Å². The Kier molecular flexibility index (Phi) is 5.18. The molecule has 29 heavy (non-hydrogen) atoms. The molecule has 6 nitrogen and oxygen atoms in total. The van der Waals surface area contributed by atoms with E-state index in [0.717, 1.165) is 35.5 Å². The zero-order chi connectivity index (χ0) is 20.5. The highest BCUT2D eigenvalue weighted by Crippen LogP contribution is 2.32. The van der Waals surface area contributed by atoms with E-state index in [4.69, 9.17) is 9.15 Å². The number of rotatable bonds is 7. The molecule has 3 aromatic rings. The summed E-state index contributed by atoms with van der Waals surface area (Å²) in [6, 6.07) is 9.86. The number of carbonyl (C=O) groups is 1. The van der Waals surface area contributed by atoms with E-state index in [1.165, 1.54) is 5.56 Å². The summed E-state index contributed by atoms with van der Waals surface area (Å²) in [7, 11) is 1.94. The van der Waals surface area contributed by atoms with Crippen LogP contribution in [0.25, 0.3) is 0 Å². The molecular formula is C23H27N3O3. The van der Waals surface area contributed by atoms with Gasteiger partial charge in [-0.3, -0.25) is 9.48 Å². The Morgan fingerprint density at radius 3 is 2.55 bits per heavy atom. The molecule has 152 valence electrons. The van der Waals surface area contributed by atoms with Gasteiger partial charge in [-0.05, 0) is 51.8 Å². The first-order chi connectivity index (χ1) is 13.9. The van der Waals surface area contributed by atoms with Crippen molar-refractivity contribution in [1.82, 2.24) is 14.7 Å². The van der Waals surface area contributed by atoms with Crippen LogP contribution in [0.2, 0.25) is 0 Å². The molecule has 1 aliphatic carbocycles. The number of aromatic nitrogens is 2. The molecule has 4 rings (SSSR count). The summed E-state index contributed by atoms with van der Waals surface area (Å²) >= 11 is 0. The molecule has 0 unspecified atom stereocenters. The van der Waals surface area contributed by atoms with Gasteiger partial charge in [-0.15, -0.1) is 0 Å². The predicted molar refractivity (Wildman–Crippen MR) is 110 cm³/mol. The molecule has 0 saturated heterocycles. The Balaban J connectivity index is 1.52. The van der Waals surface area contributed by atoms with E-state index >= 15 is 0 Å². The fourth-order valence-electron chi connectivity index (χ4n) is 3.55. The topological polar surface area (TPSA) is 60.5 Å². The summed E-state index contributed by atoms with van der Waals surface area (Å²) in [5, 5.41) is 4.49. The van der Waals surface area contributed by atoms with E-state index < -0.39 is 0 Å². The minimum Gasteiger partial charge on any atom is -0.486 e. The molecule has 0 radical (unpaired) electrons. The molecule has 1 saturated carbocycles. The van der Waals surface area contributed by atoms with Crippen LogP contribution in [0.3, 0.4) is 0 Å². The minimum absolute atomic E-state index is 0.00795. The van der Waals surface area contributed by atoms with E-state index in [2.05, 4.69) is 5.10 Å². The van der Waals surface area contributed by atoms with Crippen LogP contribution >= 0.6 is 0 Å². The van der Waals surface area contributed by atoms with Gasteiger partial charge >= 0.3 is 0 Å². The Morgan fingerprint density at radius 1 is 1.21 bits per heavy atom. The summed E-state index contributed by atoms with van der Waals surface area (Å²) in [4.78, 5) is 15.3. The molecule has 1 fully saturated rings. The number of carbonyl (C=O) groups excluding carboxylic acids is 1. The lowest BCUT2D eigenvalue weighted by atomic mass is 10.1. The van der Waals surface area contributed by atoms with Crippen molar-refractivity contribution in [1.29, 1.82) is 0 Å². The Hall–Kier alpha value is -3.02. The lowest BCUT2D eigenvalue weighted by Gasteiger charge is -2.23. The van der Waals surface area contributed by atoms with E-state index in [-0.39, 0.29) is 18.6 Å². The van der Waals surface area contributed by atoms with Crippen LogP contribution in [0, 0.1) is 20.8 Å². The molecule has 0 spiro atoms. The number of nitrogens with zero attached hydrogens (tertiary/aromatic N) is 3. The first-order valence-corrected chi connectivity index (χ1v) is 10.00. The third kappa shape index (κ3) is 4.06. The van der Waals surface area contributed by atoms with Crippen LogP contribution in [0.1, 0.15) is 51.5 Å². The van der Waals surface area contributed by atoms with Gasteiger partial charge in [0.05, 0.1) is 17.5 Å². The van der Waals surface area contributed by atoms with E-state index in [9.17, 15) is 4.79 Å². The van der Waals surface area contributed by atoms with Crippen molar-refractivity contribution < 1.29 is 13.9 Å². The number of amides is 1. The second kappa shape index (κ2) is 7.78. The number of benzene rings is 1. The number of hydrogen-bond acceptors (Lipinski definition) is 4. The number of hydrogen-bond donors (Lipinski definition) is 0. The molecular weight excluding hydrogens is 366 g/mol. The van der Waals surface area contributed by atoms with Gasteiger partial charge in [0.1, 0.15) is 12.4 Å². The zero-order valence-electron chi connectivity index (χ0n) is 17.4. The van der Waals surface area contributed by atoms with Crippen LogP contribution < -0.4 is 4.74 Å². The maximum Gasteiger partial charge on any atom is 0.258 e. The van der Waals surface area contributed by atoms with Gasteiger partial charge in [-0.25, -0.2) is 0 Å². The van der Waals surface area contributed by atoms with Gasteiger partial charge < -0.3 is 14.1 Å². The van der Waals surface area contributed by atoms with Crippen LogP contribution in [0.5, 0.6) is 5.75 Å². The van der Waals surface area contributed by atoms with Crippen LogP contribution in [0.15, 0.2) is 41.0 Å². The molecule has 0 atom stereocenters. The van der Waals surface area contributed by atoms with Crippen molar-refractivity contribution in [2.75, 3.05) is 0 Å². The van der Waals surface area contributed by atoms with Gasteiger partial charge in [0.2, 0.25) is 0 Å². The number of aryl methyl sites for hydroxylation is 3. The second-order valence-electron chi connectivity index (χ2n) is 7.80. The monoisotopic (exact) mass is 393 g/mol. The Morgan fingerprint density at radius 2 is 1.93 bits per heavy atom. The van der Waals surface area contributed by atoms with E-state index in [0.29, 0.717) is 17.9 Å². The van der Waals surface area contributed by atoms with Crippen molar-refractivity contribution in [2.24, 2.45) is 7.05 Å². The minimum atomic E-state index is -0.00795. The average Bonchev–Trinajstić information content (AvgIpc) is 3.38. The van der Waals surface area contributed by atoms with Crippen molar-refractivity contribution in [3.05, 3.63) is 70.4 Å². The largest absolute Gasteiger partial charge is 0.486 e. The number of ether oxygens (including phenoxy) is 1. The normalized spacial score (nSPS) is 13.5. The molecule has 1 aliphatic rings. The summed E-state index contributed by atoms with van der Waals surface area (Å²) < 4.78 is 13.3. The molecule has 6 heteroatoms. The van der Waals surface area contributed by atoms with Crippen molar-refractivity contribution in [2.45, 2.75) is 52.8 Å². The van der Waals surface area contributed by atoms with Crippen molar-refractivity contribution in [3.63, 3.8) is 0 Å². The van der Waals surface area contributed by atoms with Crippen molar-refractivity contribution in [3.8, 4) is 5.75 Å². The smallest absolute Gasteiger partial charge is 0.258 e. The fraction of sp³-hybridized carbons (Fsp3) is 0.391. The lowest BCUT2D eigenvalue weighted by molar-refractivity contribution is 0.0724. The second-order valence-corrected chi connectivity index (χ2v) is 7.80. The Bertz CT molecular complexity index is 1010. The lowest BCUT2D eigenvalue weighted by Crippen LogP contribution is -2.33. The van der Waals surface area contributed by atoms with Gasteiger partial charge in [0.25, 0.3) is 5.91 Å². The van der Waals surface area contributed by atoms with E-state index in [1.807, 2.05) is 61.7 Å². The van der Waals surface area contributed by atoms with E-state index in [1.54, 1.807) is 12.3 Å². The molecule has 0 bridgehead atoms. The highest BCUT2D eigenvalue weighted by molar-refractivity contribution is 5.95. The predicted octanol–water partition coefficient (Wildman–Crippen LogP) is 4.32. The summed E-state index contributed by atoms with van der Waals surface area (Å²) in [6.07, 6.45) is 3.64.